The summed E-state index contributed by atoms with van der Waals surface area (Å²) in [5, 5.41) is 3.58. The maximum Gasteiger partial charge on any atom is 0.227 e. The van der Waals surface area contributed by atoms with Gasteiger partial charge in [-0.2, -0.15) is 0 Å². The molecule has 3 rings (SSSR count). The summed E-state index contributed by atoms with van der Waals surface area (Å²) in [6.07, 6.45) is 0.249. The fourth-order valence-corrected chi connectivity index (χ4v) is 3.30. The summed E-state index contributed by atoms with van der Waals surface area (Å²) in [7, 11) is 0. The van der Waals surface area contributed by atoms with Crippen LogP contribution in [0.25, 0.3) is 0 Å². The molecule has 0 bridgehead atoms. The van der Waals surface area contributed by atoms with Crippen LogP contribution in [0.15, 0.2) is 42.5 Å². The zero-order valence-corrected chi connectivity index (χ0v) is 15.1. The highest BCUT2D eigenvalue weighted by Crippen LogP contribution is 2.27. The highest BCUT2D eigenvalue weighted by Gasteiger charge is 2.35. The molecule has 25 heavy (non-hydrogen) atoms. The summed E-state index contributed by atoms with van der Waals surface area (Å²) in [5.74, 6) is -0.410. The number of halogens is 1. The number of carbonyl (C=O) groups is 2. The molecule has 2 aromatic carbocycles. The van der Waals surface area contributed by atoms with E-state index in [1.54, 1.807) is 17.0 Å². The minimum absolute atomic E-state index is 0.00311. The van der Waals surface area contributed by atoms with Crippen LogP contribution in [0.5, 0.6) is 0 Å². The number of hydrogen-bond acceptors (Lipinski definition) is 2. The van der Waals surface area contributed by atoms with E-state index in [-0.39, 0.29) is 24.2 Å². The first-order valence-electron chi connectivity index (χ1n) is 8.33. The van der Waals surface area contributed by atoms with Crippen molar-refractivity contribution in [2.24, 2.45) is 5.92 Å². The van der Waals surface area contributed by atoms with Gasteiger partial charge in [0.15, 0.2) is 0 Å². The molecule has 1 saturated heterocycles. The van der Waals surface area contributed by atoms with E-state index in [1.807, 2.05) is 38.1 Å². The fourth-order valence-electron chi connectivity index (χ4n) is 3.17. The van der Waals surface area contributed by atoms with Crippen molar-refractivity contribution in [2.45, 2.75) is 26.8 Å². The highest BCUT2D eigenvalue weighted by atomic mass is 35.5. The van der Waals surface area contributed by atoms with Gasteiger partial charge in [0.05, 0.1) is 5.92 Å². The molecule has 0 aromatic heterocycles. The Balaban J connectivity index is 1.63. The van der Waals surface area contributed by atoms with E-state index in [0.29, 0.717) is 18.1 Å². The largest absolute Gasteiger partial charge is 0.352 e. The molecule has 1 fully saturated rings. The highest BCUT2D eigenvalue weighted by molar-refractivity contribution is 6.30. The van der Waals surface area contributed by atoms with Gasteiger partial charge in [-0.1, -0.05) is 29.8 Å². The lowest BCUT2D eigenvalue weighted by molar-refractivity contribution is -0.126. The Hall–Kier alpha value is -2.33. The molecule has 1 atom stereocenters. The van der Waals surface area contributed by atoms with Crippen LogP contribution in [0, 0.1) is 19.8 Å². The smallest absolute Gasteiger partial charge is 0.227 e. The van der Waals surface area contributed by atoms with Gasteiger partial charge >= 0.3 is 0 Å². The predicted octanol–water partition coefficient (Wildman–Crippen LogP) is 3.63. The van der Waals surface area contributed by atoms with E-state index in [2.05, 4.69) is 11.4 Å². The molecule has 1 aliphatic rings. The van der Waals surface area contributed by atoms with Crippen LogP contribution in [-0.4, -0.2) is 18.4 Å². The van der Waals surface area contributed by atoms with Gasteiger partial charge in [0.1, 0.15) is 0 Å². The van der Waals surface area contributed by atoms with Crippen molar-refractivity contribution in [1.82, 2.24) is 5.32 Å². The Morgan fingerprint density at radius 2 is 1.80 bits per heavy atom. The van der Waals surface area contributed by atoms with Gasteiger partial charge in [0.25, 0.3) is 0 Å². The van der Waals surface area contributed by atoms with Gasteiger partial charge in [-0.25, -0.2) is 0 Å². The molecule has 1 unspecified atom stereocenters. The summed E-state index contributed by atoms with van der Waals surface area (Å²) in [6.45, 7) is 4.87. The summed E-state index contributed by atoms with van der Waals surface area (Å²) in [5.41, 5.74) is 4.07. The minimum Gasteiger partial charge on any atom is -0.352 e. The predicted molar refractivity (Wildman–Crippen MR) is 99.7 cm³/mol. The first-order chi connectivity index (χ1) is 11.9. The van der Waals surface area contributed by atoms with Gasteiger partial charge in [0.2, 0.25) is 11.8 Å². The molecular formula is C20H21ClN2O2. The van der Waals surface area contributed by atoms with Crippen LogP contribution in [0.1, 0.15) is 23.1 Å². The second kappa shape index (κ2) is 7.28. The first-order valence-corrected chi connectivity index (χ1v) is 8.71. The van der Waals surface area contributed by atoms with E-state index >= 15 is 0 Å². The molecule has 0 aliphatic carbocycles. The third kappa shape index (κ3) is 4.20. The summed E-state index contributed by atoms with van der Waals surface area (Å²) >= 11 is 5.86. The van der Waals surface area contributed by atoms with E-state index < -0.39 is 0 Å². The average Bonchev–Trinajstić information content (AvgIpc) is 2.95. The first kappa shape index (κ1) is 17.5. The lowest BCUT2D eigenvalue weighted by atomic mass is 10.1. The number of anilines is 1. The molecule has 1 aliphatic heterocycles. The van der Waals surface area contributed by atoms with Gasteiger partial charge in [-0.15, -0.1) is 0 Å². The van der Waals surface area contributed by atoms with Crippen LogP contribution >= 0.6 is 11.6 Å². The van der Waals surface area contributed by atoms with E-state index in [1.165, 1.54) is 0 Å². The summed E-state index contributed by atoms with van der Waals surface area (Å²) in [4.78, 5) is 26.5. The molecule has 1 heterocycles. The number of hydrogen-bond donors (Lipinski definition) is 1. The lowest BCUT2D eigenvalue weighted by Gasteiger charge is -2.18. The van der Waals surface area contributed by atoms with E-state index in [0.717, 1.165) is 22.4 Å². The third-order valence-corrected chi connectivity index (χ3v) is 4.65. The Labute approximate surface area is 152 Å². The minimum atomic E-state index is -0.319. The maximum absolute atomic E-state index is 12.4. The second-order valence-corrected chi connectivity index (χ2v) is 7.03. The fraction of sp³-hybridized carbons (Fsp3) is 0.300. The van der Waals surface area contributed by atoms with E-state index in [9.17, 15) is 9.59 Å². The van der Waals surface area contributed by atoms with E-state index in [4.69, 9.17) is 11.6 Å². The lowest BCUT2D eigenvalue weighted by Crippen LogP contribution is -2.32. The van der Waals surface area contributed by atoms with Crippen LogP contribution in [0.2, 0.25) is 5.02 Å². The Morgan fingerprint density at radius 3 is 2.44 bits per heavy atom. The van der Waals surface area contributed by atoms with Gasteiger partial charge in [-0.05, 0) is 54.8 Å². The molecule has 130 valence electrons. The van der Waals surface area contributed by atoms with Crippen LogP contribution < -0.4 is 10.2 Å². The van der Waals surface area contributed by atoms with Gasteiger partial charge < -0.3 is 10.2 Å². The van der Waals surface area contributed by atoms with Crippen molar-refractivity contribution >= 4 is 29.1 Å². The molecular weight excluding hydrogens is 336 g/mol. The number of benzene rings is 2. The molecule has 2 aromatic rings. The number of amides is 2. The maximum atomic E-state index is 12.4. The third-order valence-electron chi connectivity index (χ3n) is 4.39. The van der Waals surface area contributed by atoms with Crippen molar-refractivity contribution in [2.75, 3.05) is 11.4 Å². The molecule has 0 saturated carbocycles. The SMILES string of the molecule is Cc1cc(C)cc(N2CC(C(=O)NCc3ccc(Cl)cc3)CC2=O)c1. The van der Waals surface area contributed by atoms with Crippen molar-refractivity contribution in [3.63, 3.8) is 0 Å². The quantitative estimate of drug-likeness (QED) is 0.909. The van der Waals surface area contributed by atoms with Crippen LogP contribution in [0.4, 0.5) is 5.69 Å². The number of aryl methyl sites for hydroxylation is 2. The molecule has 4 nitrogen and oxygen atoms in total. The standard InChI is InChI=1S/C20H21ClN2O2/c1-13-7-14(2)9-18(8-13)23-12-16(10-19(23)24)20(25)22-11-15-3-5-17(21)6-4-15/h3-9,16H,10-12H2,1-2H3,(H,22,25). The van der Waals surface area contributed by atoms with Crippen molar-refractivity contribution in [3.05, 3.63) is 64.2 Å². The molecule has 0 radical (unpaired) electrons. The molecule has 5 heteroatoms. The van der Waals surface area contributed by atoms with Crippen LogP contribution in [-0.2, 0) is 16.1 Å². The number of carbonyl (C=O) groups excluding carboxylic acids is 2. The Kier molecular flexibility index (Phi) is 5.09. The molecule has 0 spiro atoms. The average molecular weight is 357 g/mol. The zero-order chi connectivity index (χ0) is 18.0. The molecule has 2 amide bonds. The Bertz CT molecular complexity index is 782. The zero-order valence-electron chi connectivity index (χ0n) is 14.4. The number of nitrogens with zero attached hydrogens (tertiary/aromatic N) is 1. The monoisotopic (exact) mass is 356 g/mol. The van der Waals surface area contributed by atoms with Gasteiger partial charge in [0, 0.05) is 30.2 Å². The van der Waals surface area contributed by atoms with Crippen molar-refractivity contribution in [1.29, 1.82) is 0 Å². The number of rotatable bonds is 4. The topological polar surface area (TPSA) is 49.4 Å². The Morgan fingerprint density at radius 1 is 1.16 bits per heavy atom. The molecule has 1 N–H and O–H groups in total. The van der Waals surface area contributed by atoms with Gasteiger partial charge in [-0.3, -0.25) is 9.59 Å². The second-order valence-electron chi connectivity index (χ2n) is 6.60. The summed E-state index contributed by atoms with van der Waals surface area (Å²) in [6, 6.07) is 13.4. The van der Waals surface area contributed by atoms with Crippen molar-refractivity contribution < 1.29 is 9.59 Å². The van der Waals surface area contributed by atoms with Crippen LogP contribution in [0.3, 0.4) is 0 Å². The van der Waals surface area contributed by atoms with Crippen molar-refractivity contribution in [3.8, 4) is 0 Å². The normalized spacial score (nSPS) is 17.0. The summed E-state index contributed by atoms with van der Waals surface area (Å²) < 4.78 is 0. The number of nitrogens with one attached hydrogen (secondary N) is 1.